The average molecular weight is 293 g/mol. The van der Waals surface area contributed by atoms with Crippen LogP contribution >= 0.6 is 0 Å². The Morgan fingerprint density at radius 3 is 2.81 bits per heavy atom. The zero-order valence-corrected chi connectivity index (χ0v) is 13.3. The Morgan fingerprint density at radius 1 is 1.48 bits per heavy atom. The second-order valence-corrected chi connectivity index (χ2v) is 5.89. The van der Waals surface area contributed by atoms with Crippen LogP contribution in [0.15, 0.2) is 6.07 Å². The van der Waals surface area contributed by atoms with Gasteiger partial charge in [0.25, 0.3) is 0 Å². The van der Waals surface area contributed by atoms with Gasteiger partial charge in [0.05, 0.1) is 32.1 Å². The summed E-state index contributed by atoms with van der Waals surface area (Å²) in [6.45, 7) is 9.71. The second kappa shape index (κ2) is 5.97. The minimum Gasteiger partial charge on any atom is -0.468 e. The number of esters is 1. The first kappa shape index (κ1) is 15.7. The summed E-state index contributed by atoms with van der Waals surface area (Å²) < 4.78 is 10.3. The maximum Gasteiger partial charge on any atom is 0.317 e. The van der Waals surface area contributed by atoms with Crippen LogP contribution in [0.5, 0.6) is 0 Å². The summed E-state index contributed by atoms with van der Waals surface area (Å²) in [7, 11) is 1.39. The highest BCUT2D eigenvalue weighted by molar-refractivity contribution is 5.81. The van der Waals surface area contributed by atoms with Crippen LogP contribution < -0.4 is 4.90 Å². The van der Waals surface area contributed by atoms with Crippen LogP contribution in [-0.2, 0) is 19.7 Å². The molecule has 21 heavy (non-hydrogen) atoms. The van der Waals surface area contributed by atoms with Crippen LogP contribution in [0.2, 0.25) is 0 Å². The predicted molar refractivity (Wildman–Crippen MR) is 79.4 cm³/mol. The van der Waals surface area contributed by atoms with Gasteiger partial charge in [-0.3, -0.25) is 4.79 Å². The number of methoxy groups -OCH3 is 1. The van der Waals surface area contributed by atoms with Crippen molar-refractivity contribution in [2.75, 3.05) is 31.8 Å². The van der Waals surface area contributed by atoms with Gasteiger partial charge in [0.15, 0.2) is 0 Å². The lowest BCUT2D eigenvalue weighted by Crippen LogP contribution is -2.44. The highest BCUT2D eigenvalue weighted by atomic mass is 16.5. The van der Waals surface area contributed by atoms with Gasteiger partial charge in [-0.15, -0.1) is 0 Å². The Morgan fingerprint density at radius 2 is 2.19 bits per heavy atom. The molecular weight excluding hydrogens is 270 g/mol. The van der Waals surface area contributed by atoms with Crippen LogP contribution in [0, 0.1) is 6.92 Å². The summed E-state index contributed by atoms with van der Waals surface area (Å²) in [5.74, 6) is 1.19. The van der Waals surface area contributed by atoms with Crippen molar-refractivity contribution in [3.63, 3.8) is 0 Å². The minimum atomic E-state index is -0.799. The predicted octanol–water partition coefficient (Wildman–Crippen LogP) is 1.46. The van der Waals surface area contributed by atoms with E-state index in [4.69, 9.17) is 9.47 Å². The molecule has 6 nitrogen and oxygen atoms in total. The van der Waals surface area contributed by atoms with E-state index in [2.05, 4.69) is 21.8 Å². The number of hydrogen-bond acceptors (Lipinski definition) is 6. The number of aryl methyl sites for hydroxylation is 1. The number of nitrogens with zero attached hydrogens (tertiary/aromatic N) is 3. The number of aromatic nitrogens is 2. The lowest BCUT2D eigenvalue weighted by Gasteiger charge is -2.35. The topological polar surface area (TPSA) is 64.5 Å². The number of rotatable bonds is 3. The SMILES string of the molecule is COC(=O)C(C)(C)c1cc(N2CCOC[C@H]2C)nc(C)n1. The molecule has 1 aromatic heterocycles. The molecule has 2 heterocycles. The molecule has 0 saturated carbocycles. The van der Waals surface area contributed by atoms with E-state index in [0.717, 1.165) is 12.4 Å². The Bertz CT molecular complexity index is 531. The van der Waals surface area contributed by atoms with E-state index in [1.165, 1.54) is 7.11 Å². The van der Waals surface area contributed by atoms with Crippen LogP contribution in [0.4, 0.5) is 5.82 Å². The molecule has 0 aromatic carbocycles. The van der Waals surface area contributed by atoms with Gasteiger partial charge in [-0.2, -0.15) is 0 Å². The lowest BCUT2D eigenvalue weighted by atomic mass is 9.89. The maximum absolute atomic E-state index is 12.0. The van der Waals surface area contributed by atoms with E-state index < -0.39 is 5.41 Å². The third-order valence-corrected chi connectivity index (χ3v) is 3.82. The van der Waals surface area contributed by atoms with Gasteiger partial charge in [-0.25, -0.2) is 9.97 Å². The first-order valence-corrected chi connectivity index (χ1v) is 7.15. The molecule has 0 unspecified atom stereocenters. The fourth-order valence-corrected chi connectivity index (χ4v) is 2.45. The number of carbonyl (C=O) groups is 1. The minimum absolute atomic E-state index is 0.252. The van der Waals surface area contributed by atoms with Crippen molar-refractivity contribution in [1.82, 2.24) is 9.97 Å². The van der Waals surface area contributed by atoms with Gasteiger partial charge in [0.1, 0.15) is 17.1 Å². The molecule has 0 spiro atoms. The number of morpholine rings is 1. The van der Waals surface area contributed by atoms with Crippen molar-refractivity contribution >= 4 is 11.8 Å². The van der Waals surface area contributed by atoms with E-state index in [0.29, 0.717) is 24.7 Å². The molecule has 6 heteroatoms. The molecule has 0 amide bonds. The molecule has 1 saturated heterocycles. The molecule has 1 aliphatic rings. The van der Waals surface area contributed by atoms with Crippen LogP contribution in [0.25, 0.3) is 0 Å². The van der Waals surface area contributed by atoms with Crippen molar-refractivity contribution < 1.29 is 14.3 Å². The number of carbonyl (C=O) groups excluding carboxylic acids is 1. The van der Waals surface area contributed by atoms with Crippen molar-refractivity contribution in [2.24, 2.45) is 0 Å². The van der Waals surface area contributed by atoms with Gasteiger partial charge in [-0.1, -0.05) is 0 Å². The fourth-order valence-electron chi connectivity index (χ4n) is 2.45. The van der Waals surface area contributed by atoms with Crippen LogP contribution in [0.3, 0.4) is 0 Å². The Kier molecular flexibility index (Phi) is 4.46. The highest BCUT2D eigenvalue weighted by Gasteiger charge is 2.34. The Balaban J connectivity index is 2.39. The van der Waals surface area contributed by atoms with E-state index in [-0.39, 0.29) is 12.0 Å². The third kappa shape index (κ3) is 3.15. The monoisotopic (exact) mass is 293 g/mol. The molecular formula is C15H23N3O3. The van der Waals surface area contributed by atoms with Gasteiger partial charge >= 0.3 is 5.97 Å². The average Bonchev–Trinajstić information content (AvgIpc) is 2.46. The Labute approximate surface area is 125 Å². The molecule has 1 fully saturated rings. The molecule has 1 aliphatic heterocycles. The third-order valence-electron chi connectivity index (χ3n) is 3.82. The van der Waals surface area contributed by atoms with E-state index in [1.807, 2.05) is 26.8 Å². The number of ether oxygens (including phenoxy) is 2. The van der Waals surface area contributed by atoms with Gasteiger partial charge in [-0.05, 0) is 27.7 Å². The maximum atomic E-state index is 12.0. The summed E-state index contributed by atoms with van der Waals surface area (Å²) in [4.78, 5) is 23.1. The zero-order chi connectivity index (χ0) is 15.6. The van der Waals surface area contributed by atoms with E-state index >= 15 is 0 Å². The zero-order valence-electron chi connectivity index (χ0n) is 13.3. The molecule has 0 N–H and O–H groups in total. The van der Waals surface area contributed by atoms with Gasteiger partial charge in [0.2, 0.25) is 0 Å². The standard InChI is InChI=1S/C15H23N3O3/c1-10-9-21-7-6-18(10)13-8-12(16-11(2)17-13)15(3,4)14(19)20-5/h8,10H,6-7,9H2,1-5H3/t10-/m1/s1. The Hall–Kier alpha value is -1.69. The van der Waals surface area contributed by atoms with Crippen molar-refractivity contribution in [3.05, 3.63) is 17.6 Å². The first-order chi connectivity index (χ1) is 9.86. The number of hydrogen-bond donors (Lipinski definition) is 0. The smallest absolute Gasteiger partial charge is 0.317 e. The van der Waals surface area contributed by atoms with Gasteiger partial charge < -0.3 is 14.4 Å². The van der Waals surface area contributed by atoms with Crippen LogP contribution in [-0.4, -0.2) is 48.8 Å². The van der Waals surface area contributed by atoms with Crippen molar-refractivity contribution in [3.8, 4) is 0 Å². The van der Waals surface area contributed by atoms with E-state index in [9.17, 15) is 4.79 Å². The highest BCUT2D eigenvalue weighted by Crippen LogP contribution is 2.27. The molecule has 1 aromatic rings. The molecule has 0 aliphatic carbocycles. The van der Waals surface area contributed by atoms with Crippen molar-refractivity contribution in [2.45, 2.75) is 39.2 Å². The summed E-state index contributed by atoms with van der Waals surface area (Å²) >= 11 is 0. The largest absolute Gasteiger partial charge is 0.468 e. The fraction of sp³-hybridized carbons (Fsp3) is 0.667. The molecule has 1 atom stereocenters. The summed E-state index contributed by atoms with van der Waals surface area (Å²) in [6.07, 6.45) is 0. The molecule has 116 valence electrons. The normalized spacial score (nSPS) is 19.5. The summed E-state index contributed by atoms with van der Waals surface area (Å²) in [5, 5.41) is 0. The summed E-state index contributed by atoms with van der Waals surface area (Å²) in [5.41, 5.74) is -0.122. The second-order valence-electron chi connectivity index (χ2n) is 5.89. The van der Waals surface area contributed by atoms with Gasteiger partial charge in [0, 0.05) is 12.6 Å². The number of anilines is 1. The van der Waals surface area contributed by atoms with Crippen molar-refractivity contribution in [1.29, 1.82) is 0 Å². The summed E-state index contributed by atoms with van der Waals surface area (Å²) in [6, 6.07) is 2.13. The first-order valence-electron chi connectivity index (χ1n) is 7.15. The van der Waals surface area contributed by atoms with E-state index in [1.54, 1.807) is 0 Å². The lowest BCUT2D eigenvalue weighted by molar-refractivity contribution is -0.146. The molecule has 0 bridgehead atoms. The quantitative estimate of drug-likeness (QED) is 0.786. The molecule has 2 rings (SSSR count). The molecule has 0 radical (unpaired) electrons. The van der Waals surface area contributed by atoms with Crippen LogP contribution in [0.1, 0.15) is 32.3 Å².